The van der Waals surface area contributed by atoms with E-state index in [4.69, 9.17) is 0 Å². The Morgan fingerprint density at radius 1 is 1.16 bits per heavy atom. The molecule has 0 bridgehead atoms. The van der Waals surface area contributed by atoms with Gasteiger partial charge >= 0.3 is 0 Å². The summed E-state index contributed by atoms with van der Waals surface area (Å²) in [5.41, 5.74) is 2.02. The van der Waals surface area contributed by atoms with E-state index in [0.717, 1.165) is 35.4 Å². The molecule has 1 aliphatic rings. The van der Waals surface area contributed by atoms with Crippen LogP contribution >= 0.6 is 11.3 Å². The number of rotatable bonds is 3. The molecule has 1 aliphatic carbocycles. The molecule has 0 spiro atoms. The topological polar surface area (TPSA) is 29.3 Å². The van der Waals surface area contributed by atoms with Crippen LogP contribution in [-0.4, -0.2) is 15.4 Å². The van der Waals surface area contributed by atoms with Crippen molar-refractivity contribution in [3.63, 3.8) is 0 Å². The lowest BCUT2D eigenvalue weighted by molar-refractivity contribution is 0.461. The SMILES string of the molecule is Cc1sc2nc(-c3ccc(F)cc3F)c(NC3CCCCC3)n2c1C. The third-order valence-electron chi connectivity index (χ3n) is 5.07. The number of fused-ring (bicyclic) bond motifs is 1. The molecule has 1 saturated carbocycles. The molecule has 4 rings (SSSR count). The highest BCUT2D eigenvalue weighted by atomic mass is 32.1. The summed E-state index contributed by atoms with van der Waals surface area (Å²) in [6.45, 7) is 4.12. The van der Waals surface area contributed by atoms with Gasteiger partial charge < -0.3 is 5.32 Å². The summed E-state index contributed by atoms with van der Waals surface area (Å²) in [5.74, 6) is -0.322. The van der Waals surface area contributed by atoms with Crippen LogP contribution in [0.3, 0.4) is 0 Å². The maximum Gasteiger partial charge on any atom is 0.196 e. The van der Waals surface area contributed by atoms with Crippen LogP contribution in [0.15, 0.2) is 18.2 Å². The molecule has 6 heteroatoms. The van der Waals surface area contributed by atoms with Gasteiger partial charge in [-0.25, -0.2) is 13.8 Å². The van der Waals surface area contributed by atoms with Crippen LogP contribution in [0.2, 0.25) is 0 Å². The van der Waals surface area contributed by atoms with Gasteiger partial charge in [0, 0.05) is 28.2 Å². The summed E-state index contributed by atoms with van der Waals surface area (Å²) in [4.78, 5) is 6.71. The molecular weight excluding hydrogens is 340 g/mol. The zero-order valence-electron chi connectivity index (χ0n) is 14.4. The molecule has 0 radical (unpaired) electrons. The summed E-state index contributed by atoms with van der Waals surface area (Å²) in [5, 5.41) is 3.61. The van der Waals surface area contributed by atoms with Crippen LogP contribution in [0.4, 0.5) is 14.6 Å². The predicted octanol–water partition coefficient (Wildman–Crippen LogP) is 5.70. The molecule has 0 atom stereocenters. The predicted molar refractivity (Wildman–Crippen MR) is 98.4 cm³/mol. The highest BCUT2D eigenvalue weighted by molar-refractivity contribution is 7.17. The molecule has 0 saturated heterocycles. The van der Waals surface area contributed by atoms with Gasteiger partial charge in [0.05, 0.1) is 0 Å². The maximum absolute atomic E-state index is 14.4. The Labute approximate surface area is 149 Å². The summed E-state index contributed by atoms with van der Waals surface area (Å²) in [6, 6.07) is 4.06. The Kier molecular flexibility index (Phi) is 4.23. The van der Waals surface area contributed by atoms with Gasteiger partial charge in [0.15, 0.2) is 4.96 Å². The summed E-state index contributed by atoms with van der Waals surface area (Å²) >= 11 is 1.59. The number of halogens is 2. The number of imidazole rings is 1. The first kappa shape index (κ1) is 16.5. The quantitative estimate of drug-likeness (QED) is 0.648. The van der Waals surface area contributed by atoms with E-state index in [1.54, 1.807) is 11.3 Å². The van der Waals surface area contributed by atoms with E-state index >= 15 is 0 Å². The Bertz CT molecular complexity index is 923. The van der Waals surface area contributed by atoms with Crippen molar-refractivity contribution >= 4 is 22.1 Å². The third kappa shape index (κ3) is 2.92. The van der Waals surface area contributed by atoms with E-state index in [2.05, 4.69) is 28.5 Å². The van der Waals surface area contributed by atoms with E-state index < -0.39 is 11.6 Å². The Hall–Kier alpha value is -1.95. The largest absolute Gasteiger partial charge is 0.367 e. The number of aromatic nitrogens is 2. The van der Waals surface area contributed by atoms with Crippen molar-refractivity contribution in [2.24, 2.45) is 0 Å². The van der Waals surface area contributed by atoms with Crippen molar-refractivity contribution in [1.29, 1.82) is 0 Å². The van der Waals surface area contributed by atoms with Gasteiger partial charge in [-0.05, 0) is 38.8 Å². The number of benzene rings is 1. The number of nitrogens with zero attached hydrogens (tertiary/aromatic N) is 2. The molecule has 1 N–H and O–H groups in total. The first-order valence-electron chi connectivity index (χ1n) is 8.75. The molecule has 3 aromatic rings. The lowest BCUT2D eigenvalue weighted by Gasteiger charge is -2.24. The maximum atomic E-state index is 14.4. The van der Waals surface area contributed by atoms with E-state index in [-0.39, 0.29) is 0 Å². The average molecular weight is 361 g/mol. The van der Waals surface area contributed by atoms with Gasteiger partial charge in [-0.15, -0.1) is 11.3 Å². The first-order valence-corrected chi connectivity index (χ1v) is 9.56. The molecule has 1 aromatic carbocycles. The van der Waals surface area contributed by atoms with Crippen LogP contribution in [0.5, 0.6) is 0 Å². The number of anilines is 1. The monoisotopic (exact) mass is 361 g/mol. The first-order chi connectivity index (χ1) is 12.0. The Morgan fingerprint density at radius 2 is 1.92 bits per heavy atom. The van der Waals surface area contributed by atoms with Crippen molar-refractivity contribution < 1.29 is 8.78 Å². The smallest absolute Gasteiger partial charge is 0.196 e. The lowest BCUT2D eigenvalue weighted by Crippen LogP contribution is -2.23. The van der Waals surface area contributed by atoms with Gasteiger partial charge in [0.2, 0.25) is 0 Å². The van der Waals surface area contributed by atoms with Crippen LogP contribution in [0.25, 0.3) is 16.2 Å². The third-order valence-corrected chi connectivity index (χ3v) is 6.13. The highest BCUT2D eigenvalue weighted by Gasteiger charge is 2.23. The van der Waals surface area contributed by atoms with E-state index in [1.807, 2.05) is 0 Å². The number of nitrogens with one attached hydrogen (secondary N) is 1. The second-order valence-corrected chi connectivity index (χ2v) is 7.96. The van der Waals surface area contributed by atoms with Crippen LogP contribution in [0, 0.1) is 25.5 Å². The molecule has 0 aliphatic heterocycles. The summed E-state index contributed by atoms with van der Waals surface area (Å²) in [7, 11) is 0. The minimum absolute atomic E-state index is 0.340. The van der Waals surface area contributed by atoms with E-state index in [9.17, 15) is 8.78 Å². The number of hydrogen-bond acceptors (Lipinski definition) is 3. The molecule has 132 valence electrons. The van der Waals surface area contributed by atoms with E-state index in [0.29, 0.717) is 17.3 Å². The zero-order chi connectivity index (χ0) is 17.6. The normalized spacial score (nSPS) is 15.8. The fourth-order valence-corrected chi connectivity index (χ4v) is 4.56. The molecule has 0 amide bonds. The number of hydrogen-bond donors (Lipinski definition) is 1. The summed E-state index contributed by atoms with van der Waals surface area (Å²) in [6.07, 6.45) is 5.92. The Balaban J connectivity index is 1.86. The van der Waals surface area contributed by atoms with Gasteiger partial charge in [-0.3, -0.25) is 4.40 Å². The van der Waals surface area contributed by atoms with Gasteiger partial charge in [-0.1, -0.05) is 19.3 Å². The molecule has 1 fully saturated rings. The zero-order valence-corrected chi connectivity index (χ0v) is 15.2. The van der Waals surface area contributed by atoms with Crippen molar-refractivity contribution in [2.45, 2.75) is 52.0 Å². The second-order valence-electron chi connectivity index (χ2n) is 6.77. The standard InChI is InChI=1S/C19H21F2N3S/c1-11-12(2)25-19-23-17(15-9-8-13(20)10-16(15)21)18(24(11)19)22-14-6-4-3-5-7-14/h8-10,14,22H,3-7H2,1-2H3. The Morgan fingerprint density at radius 3 is 2.64 bits per heavy atom. The van der Waals surface area contributed by atoms with Gasteiger partial charge in [0.1, 0.15) is 23.1 Å². The van der Waals surface area contributed by atoms with Crippen LogP contribution in [0.1, 0.15) is 42.7 Å². The minimum atomic E-state index is -0.577. The molecule has 0 unspecified atom stereocenters. The minimum Gasteiger partial charge on any atom is -0.367 e. The summed E-state index contributed by atoms with van der Waals surface area (Å²) < 4.78 is 29.8. The second kappa shape index (κ2) is 6.41. The van der Waals surface area contributed by atoms with Gasteiger partial charge in [-0.2, -0.15) is 0 Å². The molecule has 25 heavy (non-hydrogen) atoms. The average Bonchev–Trinajstić information content (AvgIpc) is 3.06. The molecule has 3 nitrogen and oxygen atoms in total. The molecular formula is C19H21F2N3S. The number of thiazole rings is 1. The fraction of sp³-hybridized carbons (Fsp3) is 0.421. The van der Waals surface area contributed by atoms with Crippen molar-refractivity contribution in [3.8, 4) is 11.3 Å². The molecule has 2 aromatic heterocycles. The van der Waals surface area contributed by atoms with Crippen molar-refractivity contribution in [3.05, 3.63) is 40.4 Å². The van der Waals surface area contributed by atoms with Gasteiger partial charge in [0.25, 0.3) is 0 Å². The highest BCUT2D eigenvalue weighted by Crippen LogP contribution is 2.36. The fourth-order valence-electron chi connectivity index (χ4n) is 3.59. The van der Waals surface area contributed by atoms with Crippen molar-refractivity contribution in [2.75, 3.05) is 5.32 Å². The van der Waals surface area contributed by atoms with Crippen LogP contribution in [-0.2, 0) is 0 Å². The molecule has 2 heterocycles. The van der Waals surface area contributed by atoms with E-state index in [1.165, 1.54) is 36.3 Å². The number of aryl methyl sites for hydroxylation is 2. The van der Waals surface area contributed by atoms with Crippen LogP contribution < -0.4 is 5.32 Å². The lowest BCUT2D eigenvalue weighted by atomic mass is 9.95. The van der Waals surface area contributed by atoms with Crippen molar-refractivity contribution in [1.82, 2.24) is 9.38 Å².